The molecule has 0 aliphatic heterocycles. The largest absolute Gasteiger partial charge is 0.481 e. The third-order valence-corrected chi connectivity index (χ3v) is 2.87. The molecule has 7 nitrogen and oxygen atoms in total. The maximum absolute atomic E-state index is 11.6. The van der Waals surface area contributed by atoms with E-state index in [4.69, 9.17) is 15.9 Å². The van der Waals surface area contributed by atoms with Crippen LogP contribution >= 0.6 is 0 Å². The van der Waals surface area contributed by atoms with Gasteiger partial charge in [0.15, 0.2) is 0 Å². The number of nitrogens with two attached hydrogens (primary N) is 1. The monoisotopic (exact) mass is 288 g/mol. The molecule has 0 aromatic rings. The summed E-state index contributed by atoms with van der Waals surface area (Å²) in [6.07, 6.45) is 3.82. The van der Waals surface area contributed by atoms with E-state index in [0.29, 0.717) is 38.6 Å². The van der Waals surface area contributed by atoms with Crippen LogP contribution in [0.5, 0.6) is 0 Å². The van der Waals surface area contributed by atoms with Gasteiger partial charge in [-0.3, -0.25) is 9.59 Å². The Labute approximate surface area is 118 Å². The average Bonchev–Trinajstić information content (AvgIpc) is 2.36. The van der Waals surface area contributed by atoms with Crippen LogP contribution in [0.2, 0.25) is 0 Å². The number of carbonyl (C=O) groups is 3. The van der Waals surface area contributed by atoms with E-state index in [1.165, 1.54) is 0 Å². The normalized spacial score (nSPS) is 11.8. The highest BCUT2D eigenvalue weighted by Gasteiger charge is 2.18. The number of nitrogens with one attached hydrogen (secondary N) is 1. The van der Waals surface area contributed by atoms with E-state index in [-0.39, 0.29) is 18.7 Å². The molecule has 116 valence electrons. The number of hydrogen-bond donors (Lipinski definition) is 4. The van der Waals surface area contributed by atoms with Crippen molar-refractivity contribution >= 4 is 17.8 Å². The molecule has 0 saturated carbocycles. The second-order valence-electron chi connectivity index (χ2n) is 4.70. The van der Waals surface area contributed by atoms with Crippen molar-refractivity contribution in [2.45, 2.75) is 57.4 Å². The van der Waals surface area contributed by atoms with Crippen LogP contribution in [0, 0.1) is 0 Å². The zero-order valence-corrected chi connectivity index (χ0v) is 11.6. The van der Waals surface area contributed by atoms with E-state index in [9.17, 15) is 14.4 Å². The number of unbranched alkanes of at least 4 members (excludes halogenated alkanes) is 3. The molecule has 1 atom stereocenters. The molecule has 0 saturated heterocycles. The molecule has 0 aromatic heterocycles. The van der Waals surface area contributed by atoms with Gasteiger partial charge in [0.05, 0.1) is 0 Å². The Bertz CT molecular complexity index is 320. The minimum Gasteiger partial charge on any atom is -0.481 e. The molecule has 0 spiro atoms. The molecular weight excluding hydrogens is 264 g/mol. The van der Waals surface area contributed by atoms with Crippen molar-refractivity contribution in [3.8, 4) is 0 Å². The third kappa shape index (κ3) is 10.3. The standard InChI is InChI=1S/C13H24N2O5/c14-9-5-4-6-10(13(19)20)15-11(16)7-2-1-3-8-12(17)18/h10H,1-9,14H2,(H,15,16)(H,17,18)(H,19,20)/t10-/m0/s1. The number of carbonyl (C=O) groups excluding carboxylic acids is 1. The summed E-state index contributed by atoms with van der Waals surface area (Å²) in [6.45, 7) is 0.504. The lowest BCUT2D eigenvalue weighted by atomic mass is 10.1. The van der Waals surface area contributed by atoms with Crippen LogP contribution in [-0.2, 0) is 14.4 Å². The minimum atomic E-state index is -1.04. The lowest BCUT2D eigenvalue weighted by Crippen LogP contribution is -2.40. The van der Waals surface area contributed by atoms with E-state index in [0.717, 1.165) is 6.42 Å². The van der Waals surface area contributed by atoms with Crippen LogP contribution < -0.4 is 11.1 Å². The molecule has 0 rings (SSSR count). The highest BCUT2D eigenvalue weighted by molar-refractivity contribution is 5.83. The zero-order chi connectivity index (χ0) is 15.4. The maximum atomic E-state index is 11.6. The Morgan fingerprint density at radius 2 is 1.60 bits per heavy atom. The van der Waals surface area contributed by atoms with Crippen LogP contribution in [0.3, 0.4) is 0 Å². The molecule has 0 unspecified atom stereocenters. The molecule has 7 heteroatoms. The second-order valence-corrected chi connectivity index (χ2v) is 4.70. The summed E-state index contributed by atoms with van der Waals surface area (Å²) < 4.78 is 0. The van der Waals surface area contributed by atoms with Crippen molar-refractivity contribution in [2.75, 3.05) is 6.54 Å². The number of carboxylic acid groups (broad SMARTS) is 2. The van der Waals surface area contributed by atoms with Crippen molar-refractivity contribution in [1.82, 2.24) is 5.32 Å². The van der Waals surface area contributed by atoms with Gasteiger partial charge in [-0.15, -0.1) is 0 Å². The van der Waals surface area contributed by atoms with E-state index in [1.54, 1.807) is 0 Å². The van der Waals surface area contributed by atoms with Crippen LogP contribution in [0.1, 0.15) is 51.4 Å². The minimum absolute atomic E-state index is 0.0957. The third-order valence-electron chi connectivity index (χ3n) is 2.87. The summed E-state index contributed by atoms with van der Waals surface area (Å²) in [6, 6.07) is -0.868. The lowest BCUT2D eigenvalue weighted by molar-refractivity contribution is -0.142. The SMILES string of the molecule is NCCCC[C@H](NC(=O)CCCCCC(=O)O)C(=O)O. The summed E-state index contributed by atoms with van der Waals surface area (Å²) in [5.74, 6) is -2.19. The summed E-state index contributed by atoms with van der Waals surface area (Å²) in [5.41, 5.74) is 5.33. The molecule has 0 aliphatic carbocycles. The first kappa shape index (κ1) is 18.4. The van der Waals surface area contributed by atoms with Crippen molar-refractivity contribution in [3.05, 3.63) is 0 Å². The number of rotatable bonds is 12. The van der Waals surface area contributed by atoms with Gasteiger partial charge in [0, 0.05) is 12.8 Å². The Morgan fingerprint density at radius 1 is 0.950 bits per heavy atom. The van der Waals surface area contributed by atoms with E-state index < -0.39 is 18.0 Å². The van der Waals surface area contributed by atoms with E-state index in [1.807, 2.05) is 0 Å². The molecule has 5 N–H and O–H groups in total. The first-order chi connectivity index (χ1) is 9.47. The topological polar surface area (TPSA) is 130 Å². The van der Waals surface area contributed by atoms with Crippen LogP contribution in [0.4, 0.5) is 0 Å². The predicted octanol–water partition coefficient (Wildman–Crippen LogP) is 0.720. The van der Waals surface area contributed by atoms with Crippen molar-refractivity contribution < 1.29 is 24.6 Å². The highest BCUT2D eigenvalue weighted by atomic mass is 16.4. The molecule has 0 heterocycles. The van der Waals surface area contributed by atoms with Gasteiger partial charge < -0.3 is 21.3 Å². The lowest BCUT2D eigenvalue weighted by Gasteiger charge is -2.14. The first-order valence-corrected chi connectivity index (χ1v) is 6.91. The number of hydrogen-bond acceptors (Lipinski definition) is 4. The van der Waals surface area contributed by atoms with Crippen LogP contribution in [-0.4, -0.2) is 40.6 Å². The number of amides is 1. The molecule has 0 bridgehead atoms. The summed E-state index contributed by atoms with van der Waals surface area (Å²) >= 11 is 0. The second kappa shape index (κ2) is 11.2. The summed E-state index contributed by atoms with van der Waals surface area (Å²) in [5, 5.41) is 19.9. The van der Waals surface area contributed by atoms with Gasteiger partial charge in [0.25, 0.3) is 0 Å². The molecule has 1 amide bonds. The summed E-state index contributed by atoms with van der Waals surface area (Å²) in [7, 11) is 0. The van der Waals surface area contributed by atoms with Crippen LogP contribution in [0.15, 0.2) is 0 Å². The van der Waals surface area contributed by atoms with Gasteiger partial charge in [-0.25, -0.2) is 4.79 Å². The Morgan fingerprint density at radius 3 is 2.15 bits per heavy atom. The number of carboxylic acids is 2. The highest BCUT2D eigenvalue weighted by Crippen LogP contribution is 2.05. The molecule has 0 aromatic carbocycles. The molecule has 0 aliphatic rings. The average molecular weight is 288 g/mol. The van der Waals surface area contributed by atoms with Gasteiger partial charge in [-0.05, 0) is 38.6 Å². The Balaban J connectivity index is 3.83. The first-order valence-electron chi connectivity index (χ1n) is 6.91. The van der Waals surface area contributed by atoms with Crippen LogP contribution in [0.25, 0.3) is 0 Å². The van der Waals surface area contributed by atoms with Crippen molar-refractivity contribution in [1.29, 1.82) is 0 Å². The zero-order valence-electron chi connectivity index (χ0n) is 11.6. The molecular formula is C13H24N2O5. The van der Waals surface area contributed by atoms with Crippen molar-refractivity contribution in [2.24, 2.45) is 5.73 Å². The molecule has 0 radical (unpaired) electrons. The van der Waals surface area contributed by atoms with Gasteiger partial charge >= 0.3 is 11.9 Å². The van der Waals surface area contributed by atoms with Gasteiger partial charge in [0.2, 0.25) is 5.91 Å². The van der Waals surface area contributed by atoms with Gasteiger partial charge in [0.1, 0.15) is 6.04 Å². The smallest absolute Gasteiger partial charge is 0.326 e. The summed E-state index contributed by atoms with van der Waals surface area (Å²) in [4.78, 5) is 32.8. The Hall–Kier alpha value is -1.63. The van der Waals surface area contributed by atoms with Gasteiger partial charge in [-0.2, -0.15) is 0 Å². The maximum Gasteiger partial charge on any atom is 0.326 e. The van der Waals surface area contributed by atoms with E-state index in [2.05, 4.69) is 5.32 Å². The van der Waals surface area contributed by atoms with E-state index >= 15 is 0 Å². The molecule has 0 fully saturated rings. The predicted molar refractivity (Wildman–Crippen MR) is 73.2 cm³/mol. The molecule has 20 heavy (non-hydrogen) atoms. The quantitative estimate of drug-likeness (QED) is 0.391. The van der Waals surface area contributed by atoms with Crippen molar-refractivity contribution in [3.63, 3.8) is 0 Å². The number of aliphatic carboxylic acids is 2. The fourth-order valence-electron chi connectivity index (χ4n) is 1.76. The Kier molecular flexibility index (Phi) is 10.3. The fraction of sp³-hybridized carbons (Fsp3) is 0.769. The van der Waals surface area contributed by atoms with Gasteiger partial charge in [-0.1, -0.05) is 6.42 Å². The fourth-order valence-corrected chi connectivity index (χ4v) is 1.76.